The minimum absolute atomic E-state index is 0.178. The van der Waals surface area contributed by atoms with E-state index in [4.69, 9.17) is 10.9 Å². The summed E-state index contributed by atoms with van der Waals surface area (Å²) in [5.41, 5.74) is 7.91. The van der Waals surface area contributed by atoms with Gasteiger partial charge in [0.2, 0.25) is 0 Å². The van der Waals surface area contributed by atoms with E-state index in [1.54, 1.807) is 0 Å². The lowest BCUT2D eigenvalue weighted by molar-refractivity contribution is 0.317. The summed E-state index contributed by atoms with van der Waals surface area (Å²) in [6.07, 6.45) is 1.39. The number of para-hydroxylation sites is 2. The van der Waals surface area contributed by atoms with E-state index in [0.29, 0.717) is 6.42 Å². The molecular formula is C15H22N4O. The summed E-state index contributed by atoms with van der Waals surface area (Å²) in [5, 5.41) is 11.8. The molecule has 0 radical (unpaired) electrons. The number of benzene rings is 1. The number of oxime groups is 1. The van der Waals surface area contributed by atoms with Gasteiger partial charge in [-0.25, -0.2) is 4.98 Å². The summed E-state index contributed by atoms with van der Waals surface area (Å²) in [7, 11) is 0. The Labute approximate surface area is 119 Å². The zero-order valence-electron chi connectivity index (χ0n) is 12.3. The van der Waals surface area contributed by atoms with Crippen LogP contribution in [0.2, 0.25) is 0 Å². The molecule has 0 spiro atoms. The molecule has 1 heterocycles. The van der Waals surface area contributed by atoms with Crippen molar-refractivity contribution in [1.29, 1.82) is 0 Å². The van der Waals surface area contributed by atoms with E-state index < -0.39 is 0 Å². The number of aryl methyl sites for hydroxylation is 1. The number of hydrogen-bond donors (Lipinski definition) is 2. The maximum absolute atomic E-state index is 8.75. The molecule has 0 aliphatic carbocycles. The van der Waals surface area contributed by atoms with Crippen LogP contribution < -0.4 is 5.73 Å². The maximum Gasteiger partial charge on any atom is 0.146 e. The van der Waals surface area contributed by atoms with E-state index in [2.05, 4.69) is 41.5 Å². The standard InChI is InChI=1S/C15H22N4O/c1-15(2,3)8-9-19-12-7-5-4-6-11(12)17-14(19)10-13(16)18-20/h4-7,20H,8-10H2,1-3H3,(H2,16,18). The van der Waals surface area contributed by atoms with Crippen molar-refractivity contribution in [3.05, 3.63) is 30.1 Å². The van der Waals surface area contributed by atoms with Gasteiger partial charge in [0.05, 0.1) is 17.5 Å². The molecule has 0 amide bonds. The van der Waals surface area contributed by atoms with E-state index in [1.807, 2.05) is 18.2 Å². The van der Waals surface area contributed by atoms with Crippen LogP contribution in [0, 0.1) is 5.41 Å². The van der Waals surface area contributed by atoms with Crippen LogP contribution in [0.1, 0.15) is 33.0 Å². The Hall–Kier alpha value is -2.04. The third-order valence-corrected chi connectivity index (χ3v) is 3.29. The number of aromatic nitrogens is 2. The molecule has 0 bridgehead atoms. The number of hydrogen-bond acceptors (Lipinski definition) is 3. The summed E-state index contributed by atoms with van der Waals surface area (Å²) in [6.45, 7) is 7.53. The fourth-order valence-electron chi connectivity index (χ4n) is 2.15. The van der Waals surface area contributed by atoms with E-state index in [1.165, 1.54) is 0 Å². The molecule has 3 N–H and O–H groups in total. The highest BCUT2D eigenvalue weighted by Crippen LogP contribution is 2.23. The van der Waals surface area contributed by atoms with Crippen LogP contribution in [0.3, 0.4) is 0 Å². The Kier molecular flexibility index (Phi) is 3.97. The highest BCUT2D eigenvalue weighted by Gasteiger charge is 2.15. The van der Waals surface area contributed by atoms with Gasteiger partial charge in [0, 0.05) is 6.54 Å². The average molecular weight is 274 g/mol. The van der Waals surface area contributed by atoms with Gasteiger partial charge in [-0.2, -0.15) is 0 Å². The quantitative estimate of drug-likeness (QED) is 0.389. The smallest absolute Gasteiger partial charge is 0.146 e. The number of fused-ring (bicyclic) bond motifs is 1. The number of imidazole rings is 1. The second-order valence-corrected chi connectivity index (χ2v) is 6.25. The first-order chi connectivity index (χ1) is 9.40. The van der Waals surface area contributed by atoms with Crippen LogP contribution in [-0.4, -0.2) is 20.6 Å². The predicted octanol–water partition coefficient (Wildman–Crippen LogP) is 2.76. The summed E-state index contributed by atoms with van der Waals surface area (Å²) in [5.74, 6) is 1.02. The molecule has 2 rings (SSSR count). The number of nitrogens with zero attached hydrogens (tertiary/aromatic N) is 3. The van der Waals surface area contributed by atoms with E-state index in [9.17, 15) is 0 Å². The Morgan fingerprint density at radius 2 is 2.05 bits per heavy atom. The van der Waals surface area contributed by atoms with Crippen LogP contribution in [0.5, 0.6) is 0 Å². The van der Waals surface area contributed by atoms with Gasteiger partial charge >= 0.3 is 0 Å². The molecular weight excluding hydrogens is 252 g/mol. The van der Waals surface area contributed by atoms with Crippen LogP contribution in [0.4, 0.5) is 0 Å². The fourth-order valence-corrected chi connectivity index (χ4v) is 2.15. The number of nitrogens with two attached hydrogens (primary N) is 1. The first-order valence-corrected chi connectivity index (χ1v) is 6.81. The van der Waals surface area contributed by atoms with Crippen molar-refractivity contribution < 1.29 is 5.21 Å². The molecule has 0 fully saturated rings. The van der Waals surface area contributed by atoms with Crippen molar-refractivity contribution in [2.24, 2.45) is 16.3 Å². The SMILES string of the molecule is CC(C)(C)CCn1c(CC(N)=NO)nc2ccccc21. The molecule has 2 aromatic rings. The largest absolute Gasteiger partial charge is 0.409 e. The normalized spacial score (nSPS) is 13.1. The Morgan fingerprint density at radius 1 is 1.35 bits per heavy atom. The van der Waals surface area contributed by atoms with Crippen molar-refractivity contribution in [2.75, 3.05) is 0 Å². The number of amidine groups is 1. The van der Waals surface area contributed by atoms with Crippen molar-refractivity contribution in [2.45, 2.75) is 40.2 Å². The molecule has 5 heteroatoms. The van der Waals surface area contributed by atoms with Gasteiger partial charge in [-0.1, -0.05) is 38.1 Å². The van der Waals surface area contributed by atoms with Gasteiger partial charge in [-0.05, 0) is 24.0 Å². The molecule has 0 unspecified atom stereocenters. The van der Waals surface area contributed by atoms with Crippen molar-refractivity contribution in [3.8, 4) is 0 Å². The van der Waals surface area contributed by atoms with E-state index >= 15 is 0 Å². The van der Waals surface area contributed by atoms with E-state index in [-0.39, 0.29) is 11.3 Å². The van der Waals surface area contributed by atoms with Gasteiger partial charge in [0.1, 0.15) is 11.7 Å². The lowest BCUT2D eigenvalue weighted by Gasteiger charge is -2.19. The molecule has 20 heavy (non-hydrogen) atoms. The first-order valence-electron chi connectivity index (χ1n) is 6.81. The second kappa shape index (κ2) is 5.53. The zero-order valence-corrected chi connectivity index (χ0v) is 12.3. The lowest BCUT2D eigenvalue weighted by atomic mass is 9.92. The lowest BCUT2D eigenvalue weighted by Crippen LogP contribution is -2.19. The van der Waals surface area contributed by atoms with E-state index in [0.717, 1.165) is 29.8 Å². The predicted molar refractivity (Wildman–Crippen MR) is 80.9 cm³/mol. The Bertz CT molecular complexity index is 622. The van der Waals surface area contributed by atoms with Gasteiger partial charge in [0.25, 0.3) is 0 Å². The van der Waals surface area contributed by atoms with Crippen LogP contribution in [0.15, 0.2) is 29.4 Å². The monoisotopic (exact) mass is 274 g/mol. The topological polar surface area (TPSA) is 76.4 Å². The van der Waals surface area contributed by atoms with Crippen molar-refractivity contribution in [1.82, 2.24) is 9.55 Å². The summed E-state index contributed by atoms with van der Waals surface area (Å²) < 4.78 is 2.17. The molecule has 5 nitrogen and oxygen atoms in total. The molecule has 108 valence electrons. The van der Waals surface area contributed by atoms with Gasteiger partial charge in [-0.3, -0.25) is 0 Å². The Balaban J connectivity index is 2.39. The molecule has 0 saturated carbocycles. The van der Waals surface area contributed by atoms with Gasteiger partial charge in [-0.15, -0.1) is 0 Å². The Morgan fingerprint density at radius 3 is 2.70 bits per heavy atom. The highest BCUT2D eigenvalue weighted by atomic mass is 16.4. The summed E-state index contributed by atoms with van der Waals surface area (Å²) in [4.78, 5) is 4.59. The molecule has 0 aliphatic heterocycles. The second-order valence-electron chi connectivity index (χ2n) is 6.25. The fraction of sp³-hybridized carbons (Fsp3) is 0.467. The third-order valence-electron chi connectivity index (χ3n) is 3.29. The minimum Gasteiger partial charge on any atom is -0.409 e. The molecule has 0 aliphatic rings. The average Bonchev–Trinajstić information content (AvgIpc) is 2.72. The zero-order chi connectivity index (χ0) is 14.8. The summed E-state index contributed by atoms with van der Waals surface area (Å²) >= 11 is 0. The first kappa shape index (κ1) is 14.4. The molecule has 0 saturated heterocycles. The van der Waals surface area contributed by atoms with Crippen LogP contribution in [-0.2, 0) is 13.0 Å². The van der Waals surface area contributed by atoms with Crippen LogP contribution >= 0.6 is 0 Å². The van der Waals surface area contributed by atoms with Gasteiger partial charge < -0.3 is 15.5 Å². The van der Waals surface area contributed by atoms with Crippen LogP contribution in [0.25, 0.3) is 11.0 Å². The molecule has 1 aromatic heterocycles. The van der Waals surface area contributed by atoms with Crippen molar-refractivity contribution in [3.63, 3.8) is 0 Å². The third kappa shape index (κ3) is 3.29. The van der Waals surface area contributed by atoms with Crippen molar-refractivity contribution >= 4 is 16.9 Å². The summed E-state index contributed by atoms with van der Waals surface area (Å²) in [6, 6.07) is 8.01. The highest BCUT2D eigenvalue weighted by molar-refractivity contribution is 5.83. The number of rotatable bonds is 4. The van der Waals surface area contributed by atoms with Gasteiger partial charge in [0.15, 0.2) is 0 Å². The molecule has 1 aromatic carbocycles. The minimum atomic E-state index is 0.178. The molecule has 0 atom stereocenters. The maximum atomic E-state index is 8.75.